The third-order valence-electron chi connectivity index (χ3n) is 3.29. The van der Waals surface area contributed by atoms with E-state index >= 15 is 0 Å². The summed E-state index contributed by atoms with van der Waals surface area (Å²) in [5, 5.41) is 6.40. The summed E-state index contributed by atoms with van der Waals surface area (Å²) in [5.74, 6) is 1.13. The Bertz CT molecular complexity index is 679. The summed E-state index contributed by atoms with van der Waals surface area (Å²) in [6, 6.07) is 6.62. The van der Waals surface area contributed by atoms with Crippen molar-refractivity contribution in [3.05, 3.63) is 40.2 Å². The van der Waals surface area contributed by atoms with E-state index in [2.05, 4.69) is 10.2 Å². The molecule has 0 aliphatic carbocycles. The second kappa shape index (κ2) is 4.96. The number of H-pyrrole nitrogens is 1. The fraction of sp³-hybridized carbons (Fsp3) is 0.286. The molecule has 1 aromatic heterocycles. The minimum atomic E-state index is -0.559. The number of fused-ring (bicyclic) bond motifs is 1. The minimum Gasteiger partial charge on any atom is -0.493 e. The lowest BCUT2D eigenvalue weighted by Gasteiger charge is -2.10. The first-order valence-corrected chi connectivity index (χ1v) is 6.21. The van der Waals surface area contributed by atoms with Crippen LogP contribution in [-0.2, 0) is 6.42 Å². The SMILES string of the molecule is COc1ccc(-c2ccc(=O)[nH]n2)c2c1OC(CF)C2. The van der Waals surface area contributed by atoms with Crippen LogP contribution in [0.4, 0.5) is 4.39 Å². The van der Waals surface area contributed by atoms with Crippen molar-refractivity contribution in [1.82, 2.24) is 10.2 Å². The molecule has 0 amide bonds. The van der Waals surface area contributed by atoms with Gasteiger partial charge in [-0.05, 0) is 18.2 Å². The van der Waals surface area contributed by atoms with Gasteiger partial charge in [-0.15, -0.1) is 0 Å². The molecule has 1 aliphatic heterocycles. The fourth-order valence-corrected chi connectivity index (χ4v) is 2.36. The molecule has 1 N–H and O–H groups in total. The molecule has 1 atom stereocenters. The third-order valence-corrected chi connectivity index (χ3v) is 3.29. The maximum absolute atomic E-state index is 12.9. The molecule has 2 aromatic rings. The van der Waals surface area contributed by atoms with Crippen molar-refractivity contribution in [2.75, 3.05) is 13.8 Å². The van der Waals surface area contributed by atoms with Crippen LogP contribution >= 0.6 is 0 Å². The average Bonchev–Trinajstić information content (AvgIpc) is 2.91. The summed E-state index contributed by atoms with van der Waals surface area (Å²) < 4.78 is 23.7. The van der Waals surface area contributed by atoms with E-state index in [0.717, 1.165) is 11.1 Å². The van der Waals surface area contributed by atoms with Gasteiger partial charge in [0.2, 0.25) is 0 Å². The zero-order valence-corrected chi connectivity index (χ0v) is 10.9. The van der Waals surface area contributed by atoms with Crippen molar-refractivity contribution in [3.63, 3.8) is 0 Å². The zero-order chi connectivity index (χ0) is 14.1. The lowest BCUT2D eigenvalue weighted by molar-refractivity contribution is 0.184. The molecule has 0 bridgehead atoms. The van der Waals surface area contributed by atoms with Gasteiger partial charge in [0.25, 0.3) is 5.56 Å². The number of halogens is 1. The highest BCUT2D eigenvalue weighted by Crippen LogP contribution is 2.42. The van der Waals surface area contributed by atoms with Crippen LogP contribution in [0.5, 0.6) is 11.5 Å². The first kappa shape index (κ1) is 12.7. The summed E-state index contributed by atoms with van der Waals surface area (Å²) in [7, 11) is 1.54. The number of aromatic amines is 1. The van der Waals surface area contributed by atoms with Crippen LogP contribution < -0.4 is 15.0 Å². The van der Waals surface area contributed by atoms with E-state index < -0.39 is 12.8 Å². The van der Waals surface area contributed by atoms with Crippen molar-refractivity contribution < 1.29 is 13.9 Å². The van der Waals surface area contributed by atoms with Gasteiger partial charge in [0.1, 0.15) is 12.8 Å². The molecule has 0 spiro atoms. The molecule has 0 radical (unpaired) electrons. The van der Waals surface area contributed by atoms with Crippen LogP contribution in [0.15, 0.2) is 29.1 Å². The Morgan fingerprint density at radius 1 is 1.45 bits per heavy atom. The highest BCUT2D eigenvalue weighted by Gasteiger charge is 2.29. The topological polar surface area (TPSA) is 64.2 Å². The van der Waals surface area contributed by atoms with Crippen LogP contribution in [0.25, 0.3) is 11.3 Å². The number of nitrogens with zero attached hydrogens (tertiary/aromatic N) is 1. The highest BCUT2D eigenvalue weighted by molar-refractivity contribution is 5.70. The highest BCUT2D eigenvalue weighted by atomic mass is 19.1. The summed E-state index contributed by atoms with van der Waals surface area (Å²) in [4.78, 5) is 11.1. The van der Waals surface area contributed by atoms with Crippen LogP contribution in [-0.4, -0.2) is 30.1 Å². The average molecular weight is 276 g/mol. The maximum atomic E-state index is 12.9. The first-order chi connectivity index (χ1) is 9.72. The molecule has 1 unspecified atom stereocenters. The second-order valence-electron chi connectivity index (χ2n) is 4.53. The Kier molecular flexibility index (Phi) is 3.14. The summed E-state index contributed by atoms with van der Waals surface area (Å²) in [5.41, 5.74) is 2.02. The minimum absolute atomic E-state index is 0.267. The van der Waals surface area contributed by atoms with E-state index in [1.807, 2.05) is 6.07 Å². The van der Waals surface area contributed by atoms with Gasteiger partial charge in [0.15, 0.2) is 11.5 Å². The number of aromatic nitrogens is 2. The second-order valence-corrected chi connectivity index (χ2v) is 4.53. The Morgan fingerprint density at radius 3 is 2.95 bits per heavy atom. The van der Waals surface area contributed by atoms with Crippen molar-refractivity contribution >= 4 is 0 Å². The van der Waals surface area contributed by atoms with E-state index in [1.165, 1.54) is 6.07 Å². The smallest absolute Gasteiger partial charge is 0.264 e. The molecule has 0 saturated carbocycles. The standard InChI is InChI=1S/C14H13FN2O3/c1-19-12-4-2-9(11-3-5-13(18)17-16-11)10-6-8(7-15)20-14(10)12/h2-5,8H,6-7H2,1H3,(H,17,18). The summed E-state index contributed by atoms with van der Waals surface area (Å²) in [6.45, 7) is -0.559. The van der Waals surface area contributed by atoms with Crippen molar-refractivity contribution in [1.29, 1.82) is 0 Å². The Hall–Kier alpha value is -2.37. The summed E-state index contributed by atoms with van der Waals surface area (Å²) in [6.07, 6.45) is -0.0399. The van der Waals surface area contributed by atoms with Gasteiger partial charge in [0.05, 0.1) is 12.8 Å². The number of ether oxygens (including phenoxy) is 2. The van der Waals surface area contributed by atoms with Crippen LogP contribution in [0, 0.1) is 0 Å². The van der Waals surface area contributed by atoms with Gasteiger partial charge in [0, 0.05) is 23.6 Å². The quantitative estimate of drug-likeness (QED) is 0.927. The lowest BCUT2D eigenvalue weighted by Crippen LogP contribution is -2.14. The van der Waals surface area contributed by atoms with Crippen LogP contribution in [0.3, 0.4) is 0 Å². The Balaban J connectivity index is 2.12. The molecule has 20 heavy (non-hydrogen) atoms. The predicted octanol–water partition coefficient (Wildman–Crippen LogP) is 1.72. The molecule has 5 nitrogen and oxygen atoms in total. The largest absolute Gasteiger partial charge is 0.493 e. The molecule has 3 rings (SSSR count). The number of benzene rings is 1. The molecule has 0 saturated heterocycles. The number of nitrogens with one attached hydrogen (secondary N) is 1. The normalized spacial score (nSPS) is 16.6. The number of hydrogen-bond acceptors (Lipinski definition) is 4. The van der Waals surface area contributed by atoms with Gasteiger partial charge in [-0.2, -0.15) is 5.10 Å². The van der Waals surface area contributed by atoms with E-state index in [1.54, 1.807) is 19.2 Å². The predicted molar refractivity (Wildman–Crippen MR) is 70.9 cm³/mol. The van der Waals surface area contributed by atoms with Crippen molar-refractivity contribution in [3.8, 4) is 22.8 Å². The number of alkyl halides is 1. The molecular formula is C14H13FN2O3. The van der Waals surface area contributed by atoms with Gasteiger partial charge in [-0.1, -0.05) is 0 Å². The monoisotopic (exact) mass is 276 g/mol. The van der Waals surface area contributed by atoms with Gasteiger partial charge < -0.3 is 9.47 Å². The van der Waals surface area contributed by atoms with Crippen LogP contribution in [0.1, 0.15) is 5.56 Å². The van der Waals surface area contributed by atoms with E-state index in [9.17, 15) is 9.18 Å². The number of hydrogen-bond donors (Lipinski definition) is 1. The molecular weight excluding hydrogens is 263 g/mol. The third kappa shape index (κ3) is 2.03. The molecule has 0 fully saturated rings. The van der Waals surface area contributed by atoms with E-state index in [4.69, 9.17) is 9.47 Å². The number of methoxy groups -OCH3 is 1. The molecule has 104 valence electrons. The van der Waals surface area contributed by atoms with E-state index in [-0.39, 0.29) is 5.56 Å². The van der Waals surface area contributed by atoms with Crippen molar-refractivity contribution in [2.24, 2.45) is 0 Å². The number of rotatable bonds is 3. The Morgan fingerprint density at radius 2 is 2.30 bits per heavy atom. The van der Waals surface area contributed by atoms with Gasteiger partial charge >= 0.3 is 0 Å². The molecule has 2 heterocycles. The lowest BCUT2D eigenvalue weighted by atomic mass is 10.00. The molecule has 1 aliphatic rings. The maximum Gasteiger partial charge on any atom is 0.264 e. The van der Waals surface area contributed by atoms with Gasteiger partial charge in [-0.25, -0.2) is 9.49 Å². The zero-order valence-electron chi connectivity index (χ0n) is 10.9. The Labute approximate surface area is 114 Å². The van der Waals surface area contributed by atoms with E-state index in [0.29, 0.717) is 23.6 Å². The van der Waals surface area contributed by atoms with Crippen LogP contribution in [0.2, 0.25) is 0 Å². The van der Waals surface area contributed by atoms with Crippen molar-refractivity contribution in [2.45, 2.75) is 12.5 Å². The summed E-state index contributed by atoms with van der Waals surface area (Å²) >= 11 is 0. The molecule has 6 heteroatoms. The van der Waals surface area contributed by atoms with Gasteiger partial charge in [-0.3, -0.25) is 4.79 Å². The molecule has 1 aromatic carbocycles. The fourth-order valence-electron chi connectivity index (χ4n) is 2.36. The first-order valence-electron chi connectivity index (χ1n) is 6.21.